The highest BCUT2D eigenvalue weighted by molar-refractivity contribution is 5.96. The second-order valence-corrected chi connectivity index (χ2v) is 4.73. The van der Waals surface area contributed by atoms with Gasteiger partial charge in [0.15, 0.2) is 0 Å². The number of rotatable bonds is 4. The largest absolute Gasteiger partial charge is 0.378 e. The fourth-order valence-electron chi connectivity index (χ4n) is 2.35. The maximum absolute atomic E-state index is 12.3. The second kappa shape index (κ2) is 6.68. The average Bonchev–Trinajstić information content (AvgIpc) is 2.48. The zero-order valence-corrected chi connectivity index (χ0v) is 11.7. The molecule has 0 aromatic heterocycles. The van der Waals surface area contributed by atoms with Crippen molar-refractivity contribution in [2.24, 2.45) is 0 Å². The number of carbonyl (C=O) groups is 1. The summed E-state index contributed by atoms with van der Waals surface area (Å²) in [6.45, 7) is 6.06. The summed E-state index contributed by atoms with van der Waals surface area (Å²) in [5.41, 5.74) is 3.35. The summed E-state index contributed by atoms with van der Waals surface area (Å²) in [5, 5.41) is 6.25. The highest BCUT2D eigenvalue weighted by Gasteiger charge is 2.22. The molecular weight excluding hydrogens is 240 g/mol. The smallest absolute Gasteiger partial charge is 0.243 e. The Hall–Kier alpha value is -1.39. The Bertz CT molecular complexity index is 418. The van der Waals surface area contributed by atoms with Crippen molar-refractivity contribution >= 4 is 11.6 Å². The van der Waals surface area contributed by atoms with Crippen LogP contribution in [0.2, 0.25) is 0 Å². The number of hydrogen-bond acceptors (Lipinski definition) is 3. The van der Waals surface area contributed by atoms with Gasteiger partial charge in [0.05, 0.1) is 13.2 Å². The summed E-state index contributed by atoms with van der Waals surface area (Å²) < 4.78 is 5.33. The summed E-state index contributed by atoms with van der Waals surface area (Å²) >= 11 is 0. The Morgan fingerprint density at radius 1 is 1.37 bits per heavy atom. The Labute approximate surface area is 114 Å². The normalized spacial score (nSPS) is 19.2. The van der Waals surface area contributed by atoms with Crippen molar-refractivity contribution in [3.8, 4) is 0 Å². The molecular formula is C15H22N2O2. The Morgan fingerprint density at radius 3 is 2.58 bits per heavy atom. The van der Waals surface area contributed by atoms with Crippen molar-refractivity contribution in [3.05, 3.63) is 29.3 Å². The molecule has 2 rings (SSSR count). The van der Waals surface area contributed by atoms with Crippen molar-refractivity contribution in [1.82, 2.24) is 5.32 Å². The molecule has 1 fully saturated rings. The zero-order valence-electron chi connectivity index (χ0n) is 11.7. The highest BCUT2D eigenvalue weighted by Crippen LogP contribution is 2.22. The molecule has 19 heavy (non-hydrogen) atoms. The van der Waals surface area contributed by atoms with E-state index in [1.165, 1.54) is 11.1 Å². The molecule has 1 heterocycles. The van der Waals surface area contributed by atoms with Crippen LogP contribution in [-0.2, 0) is 22.4 Å². The lowest BCUT2D eigenvalue weighted by molar-refractivity contribution is -0.120. The molecule has 1 aliphatic heterocycles. The summed E-state index contributed by atoms with van der Waals surface area (Å²) in [5.74, 6) is -0.00435. The van der Waals surface area contributed by atoms with Gasteiger partial charge in [-0.05, 0) is 24.0 Å². The van der Waals surface area contributed by atoms with Gasteiger partial charge in [0.2, 0.25) is 5.91 Å². The van der Waals surface area contributed by atoms with Crippen LogP contribution < -0.4 is 10.6 Å². The number of aryl methyl sites for hydroxylation is 2. The molecule has 0 aliphatic carbocycles. The van der Waals surface area contributed by atoms with E-state index in [1.54, 1.807) is 0 Å². The molecule has 1 saturated heterocycles. The molecule has 0 radical (unpaired) electrons. The first-order valence-electron chi connectivity index (χ1n) is 6.99. The topological polar surface area (TPSA) is 50.4 Å². The molecule has 2 N–H and O–H groups in total. The van der Waals surface area contributed by atoms with E-state index in [-0.39, 0.29) is 11.9 Å². The fraction of sp³-hybridized carbons (Fsp3) is 0.533. The quantitative estimate of drug-likeness (QED) is 0.869. The van der Waals surface area contributed by atoms with E-state index in [4.69, 9.17) is 4.74 Å². The SMILES string of the molecule is CCc1cccc(CC)c1NC(=O)C1COCCN1. The van der Waals surface area contributed by atoms with E-state index in [9.17, 15) is 4.79 Å². The lowest BCUT2D eigenvalue weighted by Crippen LogP contribution is -2.49. The summed E-state index contributed by atoms with van der Waals surface area (Å²) in [6.07, 6.45) is 1.83. The van der Waals surface area contributed by atoms with Crippen LogP contribution in [0.1, 0.15) is 25.0 Å². The molecule has 1 amide bonds. The molecule has 1 aliphatic rings. The number of nitrogens with one attached hydrogen (secondary N) is 2. The number of morpholine rings is 1. The van der Waals surface area contributed by atoms with Crippen LogP contribution in [0.4, 0.5) is 5.69 Å². The van der Waals surface area contributed by atoms with E-state index >= 15 is 0 Å². The number of anilines is 1. The van der Waals surface area contributed by atoms with Gasteiger partial charge in [-0.15, -0.1) is 0 Å². The van der Waals surface area contributed by atoms with E-state index < -0.39 is 0 Å². The van der Waals surface area contributed by atoms with Crippen LogP contribution in [-0.4, -0.2) is 31.7 Å². The van der Waals surface area contributed by atoms with E-state index in [1.807, 2.05) is 0 Å². The summed E-state index contributed by atoms with van der Waals surface area (Å²) in [6, 6.07) is 5.94. The van der Waals surface area contributed by atoms with Crippen LogP contribution in [0.3, 0.4) is 0 Å². The number of hydrogen-bond donors (Lipinski definition) is 2. The second-order valence-electron chi connectivity index (χ2n) is 4.73. The van der Waals surface area contributed by atoms with Gasteiger partial charge < -0.3 is 15.4 Å². The van der Waals surface area contributed by atoms with Crippen LogP contribution >= 0.6 is 0 Å². The number of carbonyl (C=O) groups excluding carboxylic acids is 1. The Balaban J connectivity index is 2.15. The maximum atomic E-state index is 12.3. The van der Waals surface area contributed by atoms with Crippen LogP contribution in [0.15, 0.2) is 18.2 Å². The molecule has 4 nitrogen and oxygen atoms in total. The fourth-order valence-corrected chi connectivity index (χ4v) is 2.35. The number of para-hydroxylation sites is 1. The van der Waals surface area contributed by atoms with Crippen LogP contribution in [0.25, 0.3) is 0 Å². The third kappa shape index (κ3) is 3.33. The third-order valence-electron chi connectivity index (χ3n) is 3.49. The molecule has 4 heteroatoms. The van der Waals surface area contributed by atoms with Gasteiger partial charge >= 0.3 is 0 Å². The van der Waals surface area contributed by atoms with Crippen molar-refractivity contribution in [1.29, 1.82) is 0 Å². The summed E-state index contributed by atoms with van der Waals surface area (Å²) in [4.78, 5) is 12.3. The first-order valence-corrected chi connectivity index (χ1v) is 6.99. The standard InChI is InChI=1S/C15H22N2O2/c1-3-11-6-5-7-12(4-2)14(11)17-15(18)13-10-19-9-8-16-13/h5-7,13,16H,3-4,8-10H2,1-2H3,(H,17,18). The van der Waals surface area contributed by atoms with Gasteiger partial charge in [0.25, 0.3) is 0 Å². The first-order chi connectivity index (χ1) is 9.26. The highest BCUT2D eigenvalue weighted by atomic mass is 16.5. The molecule has 104 valence electrons. The van der Waals surface area contributed by atoms with Gasteiger partial charge in [-0.3, -0.25) is 4.79 Å². The minimum absolute atomic E-state index is 0.00435. The van der Waals surface area contributed by atoms with Crippen molar-refractivity contribution in [2.45, 2.75) is 32.7 Å². The van der Waals surface area contributed by atoms with Gasteiger partial charge in [-0.2, -0.15) is 0 Å². The lowest BCUT2D eigenvalue weighted by atomic mass is 10.0. The van der Waals surface area contributed by atoms with Gasteiger partial charge in [-0.25, -0.2) is 0 Å². The number of benzene rings is 1. The number of amides is 1. The molecule has 0 spiro atoms. The molecule has 0 saturated carbocycles. The maximum Gasteiger partial charge on any atom is 0.243 e. The Kier molecular flexibility index (Phi) is 4.93. The van der Waals surface area contributed by atoms with Gasteiger partial charge in [0.1, 0.15) is 6.04 Å². The molecule has 0 bridgehead atoms. The first kappa shape index (κ1) is 14.0. The average molecular weight is 262 g/mol. The van der Waals surface area contributed by atoms with Crippen LogP contribution in [0.5, 0.6) is 0 Å². The summed E-state index contributed by atoms with van der Waals surface area (Å²) in [7, 11) is 0. The molecule has 1 atom stereocenters. The number of ether oxygens (including phenoxy) is 1. The van der Waals surface area contributed by atoms with Gasteiger partial charge in [-0.1, -0.05) is 32.0 Å². The van der Waals surface area contributed by atoms with E-state index in [0.29, 0.717) is 13.2 Å². The van der Waals surface area contributed by atoms with Crippen molar-refractivity contribution in [2.75, 3.05) is 25.1 Å². The molecule has 1 aromatic rings. The minimum atomic E-state index is -0.247. The minimum Gasteiger partial charge on any atom is -0.378 e. The van der Waals surface area contributed by atoms with E-state index in [0.717, 1.165) is 25.1 Å². The lowest BCUT2D eigenvalue weighted by Gasteiger charge is -2.24. The van der Waals surface area contributed by atoms with Gasteiger partial charge in [0, 0.05) is 12.2 Å². The van der Waals surface area contributed by atoms with Crippen molar-refractivity contribution < 1.29 is 9.53 Å². The predicted molar refractivity (Wildman–Crippen MR) is 76.4 cm³/mol. The van der Waals surface area contributed by atoms with Crippen molar-refractivity contribution in [3.63, 3.8) is 0 Å². The van der Waals surface area contributed by atoms with Crippen LogP contribution in [0, 0.1) is 0 Å². The third-order valence-corrected chi connectivity index (χ3v) is 3.49. The monoisotopic (exact) mass is 262 g/mol. The molecule has 1 unspecified atom stereocenters. The predicted octanol–water partition coefficient (Wildman–Crippen LogP) is 1.74. The van der Waals surface area contributed by atoms with E-state index in [2.05, 4.69) is 42.7 Å². The molecule has 1 aromatic carbocycles. The zero-order chi connectivity index (χ0) is 13.7. The Morgan fingerprint density at radius 2 is 2.05 bits per heavy atom.